The molecule has 4 nitrogen and oxygen atoms in total. The van der Waals surface area contributed by atoms with E-state index in [0.717, 1.165) is 0 Å². The van der Waals surface area contributed by atoms with E-state index in [-0.39, 0.29) is 18.5 Å². The minimum atomic E-state index is -0.888. The molecule has 1 aromatic carbocycles. The van der Waals surface area contributed by atoms with Crippen LogP contribution in [-0.4, -0.2) is 42.3 Å². The minimum Gasteiger partial charge on any atom is -0.481 e. The first-order chi connectivity index (χ1) is 8.99. The van der Waals surface area contributed by atoms with E-state index in [1.807, 2.05) is 0 Å². The number of benzene rings is 1. The second-order valence-electron chi connectivity index (χ2n) is 4.70. The Balaban J connectivity index is 2.10. The molecule has 1 aliphatic heterocycles. The van der Waals surface area contributed by atoms with Gasteiger partial charge >= 0.3 is 5.97 Å². The molecule has 1 aliphatic rings. The van der Waals surface area contributed by atoms with Crippen molar-refractivity contribution in [3.63, 3.8) is 0 Å². The summed E-state index contributed by atoms with van der Waals surface area (Å²) in [5.41, 5.74) is 0.450. The SMILES string of the molecule is CN(Cc1cc(Cl)ccc1F)C1COCC1C(=O)O. The van der Waals surface area contributed by atoms with E-state index in [0.29, 0.717) is 23.7 Å². The molecule has 2 atom stereocenters. The largest absolute Gasteiger partial charge is 0.481 e. The Labute approximate surface area is 115 Å². The van der Waals surface area contributed by atoms with Gasteiger partial charge in [-0.1, -0.05) is 11.6 Å². The zero-order valence-corrected chi connectivity index (χ0v) is 11.2. The molecule has 104 valence electrons. The predicted molar refractivity (Wildman–Crippen MR) is 68.6 cm³/mol. The van der Waals surface area contributed by atoms with Crippen molar-refractivity contribution in [1.29, 1.82) is 0 Å². The lowest BCUT2D eigenvalue weighted by atomic mass is 10.0. The monoisotopic (exact) mass is 287 g/mol. The highest BCUT2D eigenvalue weighted by molar-refractivity contribution is 6.30. The van der Waals surface area contributed by atoms with Gasteiger partial charge in [0.2, 0.25) is 0 Å². The number of aliphatic carboxylic acids is 1. The Morgan fingerprint density at radius 1 is 1.58 bits per heavy atom. The number of hydrogen-bond acceptors (Lipinski definition) is 3. The van der Waals surface area contributed by atoms with Gasteiger partial charge in [-0.15, -0.1) is 0 Å². The third-order valence-electron chi connectivity index (χ3n) is 3.36. The van der Waals surface area contributed by atoms with Gasteiger partial charge in [0.15, 0.2) is 0 Å². The van der Waals surface area contributed by atoms with Gasteiger partial charge < -0.3 is 9.84 Å². The number of ether oxygens (including phenoxy) is 1. The molecular formula is C13H15ClFNO3. The standard InChI is InChI=1S/C13H15ClFNO3/c1-16(12-7-19-6-10(12)13(17)18)5-8-4-9(14)2-3-11(8)15/h2-4,10,12H,5-7H2,1H3,(H,17,18). The van der Waals surface area contributed by atoms with E-state index in [9.17, 15) is 9.18 Å². The summed E-state index contributed by atoms with van der Waals surface area (Å²) in [6, 6.07) is 4.10. The molecule has 2 rings (SSSR count). The van der Waals surface area contributed by atoms with Crippen molar-refractivity contribution >= 4 is 17.6 Å². The summed E-state index contributed by atoms with van der Waals surface area (Å²) in [6.07, 6.45) is 0. The lowest BCUT2D eigenvalue weighted by Gasteiger charge is -2.26. The molecule has 0 bridgehead atoms. The molecule has 0 radical (unpaired) electrons. The highest BCUT2D eigenvalue weighted by Gasteiger charge is 2.36. The molecular weight excluding hydrogens is 273 g/mol. The average molecular weight is 288 g/mol. The Hall–Kier alpha value is -1.17. The van der Waals surface area contributed by atoms with Crippen molar-refractivity contribution < 1.29 is 19.0 Å². The highest BCUT2D eigenvalue weighted by atomic mass is 35.5. The number of nitrogens with zero attached hydrogens (tertiary/aromatic N) is 1. The van der Waals surface area contributed by atoms with Gasteiger partial charge in [-0.05, 0) is 25.2 Å². The smallest absolute Gasteiger partial charge is 0.310 e. The van der Waals surface area contributed by atoms with Crippen molar-refractivity contribution in [2.24, 2.45) is 5.92 Å². The van der Waals surface area contributed by atoms with Crippen LogP contribution < -0.4 is 0 Å². The van der Waals surface area contributed by atoms with Gasteiger partial charge in [0, 0.05) is 23.2 Å². The van der Waals surface area contributed by atoms with Crippen molar-refractivity contribution in [1.82, 2.24) is 4.90 Å². The quantitative estimate of drug-likeness (QED) is 0.920. The average Bonchev–Trinajstić information content (AvgIpc) is 2.83. The van der Waals surface area contributed by atoms with Crippen LogP contribution in [0.1, 0.15) is 5.56 Å². The first-order valence-electron chi connectivity index (χ1n) is 5.93. The summed E-state index contributed by atoms with van der Waals surface area (Å²) in [6.45, 7) is 0.836. The fraction of sp³-hybridized carbons (Fsp3) is 0.462. The maximum Gasteiger partial charge on any atom is 0.310 e. The molecule has 19 heavy (non-hydrogen) atoms. The minimum absolute atomic E-state index is 0.197. The van der Waals surface area contributed by atoms with Gasteiger partial charge in [0.05, 0.1) is 19.1 Å². The van der Waals surface area contributed by atoms with Crippen LogP contribution in [0.15, 0.2) is 18.2 Å². The summed E-state index contributed by atoms with van der Waals surface area (Å²) in [4.78, 5) is 12.9. The van der Waals surface area contributed by atoms with Crippen LogP contribution in [0.25, 0.3) is 0 Å². The molecule has 2 unspecified atom stereocenters. The summed E-state index contributed by atoms with van der Waals surface area (Å²) in [5.74, 6) is -1.81. The second kappa shape index (κ2) is 5.86. The van der Waals surface area contributed by atoms with Crippen LogP contribution in [0.2, 0.25) is 5.02 Å². The fourth-order valence-corrected chi connectivity index (χ4v) is 2.46. The van der Waals surface area contributed by atoms with Crippen LogP contribution in [0.4, 0.5) is 4.39 Å². The lowest BCUT2D eigenvalue weighted by Crippen LogP contribution is -2.40. The molecule has 0 aliphatic carbocycles. The van der Waals surface area contributed by atoms with Gasteiger partial charge in [-0.25, -0.2) is 4.39 Å². The summed E-state index contributed by atoms with van der Waals surface area (Å²) < 4.78 is 18.8. The molecule has 1 heterocycles. The van der Waals surface area contributed by atoms with Crippen LogP contribution in [0, 0.1) is 11.7 Å². The van der Waals surface area contributed by atoms with Crippen molar-refractivity contribution in [2.75, 3.05) is 20.3 Å². The first kappa shape index (κ1) is 14.2. The number of rotatable bonds is 4. The highest BCUT2D eigenvalue weighted by Crippen LogP contribution is 2.22. The third kappa shape index (κ3) is 3.23. The second-order valence-corrected chi connectivity index (χ2v) is 5.14. The molecule has 1 fully saturated rings. The molecule has 0 saturated carbocycles. The maximum absolute atomic E-state index is 13.6. The number of likely N-dealkylation sites (N-methyl/N-ethyl adjacent to an activating group) is 1. The van der Waals surface area contributed by atoms with E-state index in [4.69, 9.17) is 21.4 Å². The van der Waals surface area contributed by atoms with Gasteiger partial charge in [0.25, 0.3) is 0 Å². The molecule has 6 heteroatoms. The molecule has 0 amide bonds. The van der Waals surface area contributed by atoms with E-state index in [1.165, 1.54) is 12.1 Å². The molecule has 1 saturated heterocycles. The Kier molecular flexibility index (Phi) is 4.39. The summed E-state index contributed by atoms with van der Waals surface area (Å²) >= 11 is 5.84. The normalized spacial score (nSPS) is 22.9. The molecule has 0 aromatic heterocycles. The third-order valence-corrected chi connectivity index (χ3v) is 3.60. The van der Waals surface area contributed by atoms with Gasteiger partial charge in [0.1, 0.15) is 5.82 Å². The Morgan fingerprint density at radius 3 is 3.00 bits per heavy atom. The van der Waals surface area contributed by atoms with Crippen LogP contribution in [-0.2, 0) is 16.1 Å². The van der Waals surface area contributed by atoms with Crippen LogP contribution >= 0.6 is 11.6 Å². The Morgan fingerprint density at radius 2 is 2.32 bits per heavy atom. The summed E-state index contributed by atoms with van der Waals surface area (Å²) in [5, 5.41) is 9.56. The predicted octanol–water partition coefficient (Wildman–Crippen LogP) is 2.01. The molecule has 0 spiro atoms. The van der Waals surface area contributed by atoms with Crippen molar-refractivity contribution in [3.8, 4) is 0 Å². The van der Waals surface area contributed by atoms with E-state index in [2.05, 4.69) is 0 Å². The molecule has 1 aromatic rings. The van der Waals surface area contributed by atoms with Crippen LogP contribution in [0.3, 0.4) is 0 Å². The van der Waals surface area contributed by atoms with E-state index < -0.39 is 11.9 Å². The zero-order chi connectivity index (χ0) is 14.0. The van der Waals surface area contributed by atoms with Crippen LogP contribution in [0.5, 0.6) is 0 Å². The van der Waals surface area contributed by atoms with Crippen molar-refractivity contribution in [2.45, 2.75) is 12.6 Å². The van der Waals surface area contributed by atoms with E-state index in [1.54, 1.807) is 18.0 Å². The number of halogens is 2. The Bertz CT molecular complexity index is 483. The topological polar surface area (TPSA) is 49.8 Å². The number of hydrogen-bond donors (Lipinski definition) is 1. The fourth-order valence-electron chi connectivity index (χ4n) is 2.26. The molecule has 1 N–H and O–H groups in total. The zero-order valence-electron chi connectivity index (χ0n) is 10.5. The van der Waals surface area contributed by atoms with Gasteiger partial charge in [-0.3, -0.25) is 9.69 Å². The van der Waals surface area contributed by atoms with E-state index >= 15 is 0 Å². The number of carboxylic acid groups (broad SMARTS) is 1. The lowest BCUT2D eigenvalue weighted by molar-refractivity contribution is -0.143. The first-order valence-corrected chi connectivity index (χ1v) is 6.31. The van der Waals surface area contributed by atoms with Gasteiger partial charge in [-0.2, -0.15) is 0 Å². The number of carbonyl (C=O) groups is 1. The summed E-state index contributed by atoms with van der Waals surface area (Å²) in [7, 11) is 1.76. The van der Waals surface area contributed by atoms with Crippen molar-refractivity contribution in [3.05, 3.63) is 34.6 Å². The maximum atomic E-state index is 13.6. The number of carboxylic acids is 1.